The van der Waals surface area contributed by atoms with E-state index in [0.717, 1.165) is 12.1 Å². The first-order valence-electron chi connectivity index (χ1n) is 4.70. The first-order valence-corrected chi connectivity index (χ1v) is 7.32. The van der Waals surface area contributed by atoms with Crippen molar-refractivity contribution < 1.29 is 18.3 Å². The zero-order chi connectivity index (χ0) is 14.8. The van der Waals surface area contributed by atoms with Gasteiger partial charge in [0.1, 0.15) is 4.90 Å². The van der Waals surface area contributed by atoms with Crippen molar-refractivity contribution in [3.8, 4) is 0 Å². The molecule has 104 valence electrons. The van der Waals surface area contributed by atoms with Crippen LogP contribution < -0.4 is 4.72 Å². The Balaban J connectivity index is 3.34. The Bertz CT molecular complexity index is 642. The lowest BCUT2D eigenvalue weighted by atomic mass is 10.2. The zero-order valence-electron chi connectivity index (χ0n) is 9.28. The molecule has 0 saturated heterocycles. The van der Waals surface area contributed by atoms with E-state index in [1.165, 1.54) is 0 Å². The Morgan fingerprint density at radius 1 is 1.37 bits per heavy atom. The van der Waals surface area contributed by atoms with Crippen LogP contribution in [0, 0.1) is 0 Å². The number of halogens is 3. The first kappa shape index (κ1) is 16.3. The molecule has 0 atom stereocenters. The van der Waals surface area contributed by atoms with E-state index in [0.29, 0.717) is 0 Å². The van der Waals surface area contributed by atoms with Gasteiger partial charge in [-0.1, -0.05) is 41.4 Å². The Morgan fingerprint density at radius 2 is 1.95 bits per heavy atom. The molecule has 0 aliphatic carbocycles. The highest BCUT2D eigenvalue weighted by atomic mass is 35.5. The van der Waals surface area contributed by atoms with Crippen LogP contribution in [0.5, 0.6) is 0 Å². The van der Waals surface area contributed by atoms with Gasteiger partial charge in [-0.2, -0.15) is 0 Å². The number of hydrogen-bond donors (Lipinski definition) is 2. The van der Waals surface area contributed by atoms with Gasteiger partial charge in [-0.15, -0.1) is 0 Å². The van der Waals surface area contributed by atoms with Gasteiger partial charge in [0.05, 0.1) is 10.6 Å². The van der Waals surface area contributed by atoms with Crippen LogP contribution in [-0.4, -0.2) is 26.0 Å². The highest BCUT2D eigenvalue weighted by molar-refractivity contribution is 7.89. The molecular weight excluding hydrogens is 337 g/mol. The minimum Gasteiger partial charge on any atom is -0.478 e. The molecule has 0 bridgehead atoms. The van der Waals surface area contributed by atoms with Crippen LogP contribution in [0.2, 0.25) is 10.0 Å². The third-order valence-corrected chi connectivity index (χ3v) is 4.27. The summed E-state index contributed by atoms with van der Waals surface area (Å²) in [5.41, 5.74) is -0.403. The number of rotatable bonds is 5. The van der Waals surface area contributed by atoms with Crippen LogP contribution in [0.4, 0.5) is 0 Å². The third-order valence-electron chi connectivity index (χ3n) is 1.98. The minimum atomic E-state index is -4.04. The van der Waals surface area contributed by atoms with Gasteiger partial charge < -0.3 is 5.11 Å². The Labute approximate surface area is 124 Å². The van der Waals surface area contributed by atoms with Crippen molar-refractivity contribution in [3.05, 3.63) is 39.4 Å². The predicted octanol–water partition coefficient (Wildman–Crippen LogP) is 2.72. The summed E-state index contributed by atoms with van der Waals surface area (Å²) < 4.78 is 26.0. The molecule has 0 aliphatic rings. The largest absolute Gasteiger partial charge is 0.478 e. The van der Waals surface area contributed by atoms with E-state index >= 15 is 0 Å². The molecule has 0 aliphatic heterocycles. The van der Waals surface area contributed by atoms with Crippen LogP contribution in [0.3, 0.4) is 0 Å². The second kappa shape index (κ2) is 6.11. The molecule has 0 heterocycles. The molecule has 9 heteroatoms. The highest BCUT2D eigenvalue weighted by Gasteiger charge is 2.23. The molecule has 0 radical (unpaired) electrons. The van der Waals surface area contributed by atoms with E-state index in [2.05, 4.69) is 11.3 Å². The summed E-state index contributed by atoms with van der Waals surface area (Å²) in [6.45, 7) is 3.11. The van der Waals surface area contributed by atoms with Crippen LogP contribution in [-0.2, 0) is 10.0 Å². The van der Waals surface area contributed by atoms with E-state index in [1.807, 2.05) is 0 Å². The van der Waals surface area contributed by atoms with E-state index in [-0.39, 0.29) is 16.6 Å². The van der Waals surface area contributed by atoms with Gasteiger partial charge in [-0.25, -0.2) is 17.9 Å². The number of nitrogens with one attached hydrogen (secondary N) is 1. The van der Waals surface area contributed by atoms with Crippen LogP contribution >= 0.6 is 34.8 Å². The lowest BCUT2D eigenvalue weighted by Gasteiger charge is -2.10. The smallest absolute Gasteiger partial charge is 0.337 e. The number of benzene rings is 1. The normalized spacial score (nSPS) is 11.3. The Morgan fingerprint density at radius 3 is 2.42 bits per heavy atom. The predicted molar refractivity (Wildman–Crippen MR) is 73.6 cm³/mol. The molecule has 0 unspecified atom stereocenters. The Hall–Kier alpha value is -0.790. The van der Waals surface area contributed by atoms with Gasteiger partial charge >= 0.3 is 5.97 Å². The fourth-order valence-electron chi connectivity index (χ4n) is 1.17. The number of hydrogen-bond acceptors (Lipinski definition) is 3. The number of carbonyl (C=O) groups is 1. The molecule has 1 aromatic rings. The molecule has 0 spiro atoms. The van der Waals surface area contributed by atoms with Crippen molar-refractivity contribution >= 4 is 50.8 Å². The fourth-order valence-corrected chi connectivity index (χ4v) is 3.24. The summed E-state index contributed by atoms with van der Waals surface area (Å²) in [6, 6.07) is 2.11. The second-order valence-electron chi connectivity index (χ2n) is 3.41. The summed E-state index contributed by atoms with van der Waals surface area (Å²) in [7, 11) is -4.04. The summed E-state index contributed by atoms with van der Waals surface area (Å²) in [6.07, 6.45) is 0. The van der Waals surface area contributed by atoms with E-state index < -0.39 is 31.5 Å². The molecule has 1 rings (SSSR count). The van der Waals surface area contributed by atoms with Crippen molar-refractivity contribution in [1.29, 1.82) is 0 Å². The van der Waals surface area contributed by atoms with E-state index in [4.69, 9.17) is 39.9 Å². The molecule has 0 amide bonds. The van der Waals surface area contributed by atoms with E-state index in [9.17, 15) is 13.2 Å². The van der Waals surface area contributed by atoms with Gasteiger partial charge in [-0.3, -0.25) is 0 Å². The van der Waals surface area contributed by atoms with Crippen molar-refractivity contribution in [3.63, 3.8) is 0 Å². The lowest BCUT2D eigenvalue weighted by Crippen LogP contribution is -2.25. The first-order chi connectivity index (χ1) is 8.65. The highest BCUT2D eigenvalue weighted by Crippen LogP contribution is 2.29. The molecule has 0 fully saturated rings. The van der Waals surface area contributed by atoms with Crippen LogP contribution in [0.1, 0.15) is 10.4 Å². The number of sulfonamides is 1. The zero-order valence-corrected chi connectivity index (χ0v) is 12.4. The summed E-state index contributed by atoms with van der Waals surface area (Å²) >= 11 is 16.9. The molecule has 2 N–H and O–H groups in total. The molecule has 5 nitrogen and oxygen atoms in total. The number of carboxylic acid groups (broad SMARTS) is 1. The van der Waals surface area contributed by atoms with Gasteiger partial charge in [-0.05, 0) is 12.1 Å². The number of aromatic carboxylic acids is 1. The van der Waals surface area contributed by atoms with Crippen LogP contribution in [0.15, 0.2) is 28.6 Å². The van der Waals surface area contributed by atoms with Gasteiger partial charge in [0.25, 0.3) is 0 Å². The topological polar surface area (TPSA) is 83.5 Å². The maximum Gasteiger partial charge on any atom is 0.337 e. The molecule has 0 saturated carbocycles. The third kappa shape index (κ3) is 4.09. The van der Waals surface area contributed by atoms with Crippen molar-refractivity contribution in [2.24, 2.45) is 0 Å². The Kier molecular flexibility index (Phi) is 5.23. The number of carboxylic acids is 1. The van der Waals surface area contributed by atoms with E-state index in [1.54, 1.807) is 0 Å². The summed E-state index contributed by atoms with van der Waals surface area (Å²) in [5, 5.41) is 8.49. The van der Waals surface area contributed by atoms with Gasteiger partial charge in [0.15, 0.2) is 0 Å². The SMILES string of the molecule is C=C(Cl)CNS(=O)(=O)c1cc(Cl)cc(C(=O)O)c1Cl. The standard InChI is InChI=1S/C10H8Cl3NO4S/c1-5(11)4-14-19(17,18)8-3-6(12)2-7(9(8)13)10(15)16/h2-3,14H,1,4H2,(H,15,16). The molecule has 0 aromatic heterocycles. The maximum absolute atomic E-state index is 11.9. The summed E-state index contributed by atoms with van der Waals surface area (Å²) in [4.78, 5) is 10.5. The van der Waals surface area contributed by atoms with Crippen molar-refractivity contribution in [2.45, 2.75) is 4.90 Å². The molecular formula is C10H8Cl3NO4S. The monoisotopic (exact) mass is 343 g/mol. The molecule has 19 heavy (non-hydrogen) atoms. The van der Waals surface area contributed by atoms with Crippen LogP contribution in [0.25, 0.3) is 0 Å². The minimum absolute atomic E-state index is 0.0631. The second-order valence-corrected chi connectivity index (χ2v) is 6.50. The van der Waals surface area contributed by atoms with Crippen molar-refractivity contribution in [2.75, 3.05) is 6.54 Å². The van der Waals surface area contributed by atoms with Gasteiger partial charge in [0, 0.05) is 16.6 Å². The quantitative estimate of drug-likeness (QED) is 0.860. The maximum atomic E-state index is 11.9. The summed E-state index contributed by atoms with van der Waals surface area (Å²) in [5.74, 6) is -1.38. The fraction of sp³-hybridized carbons (Fsp3) is 0.100. The average Bonchev–Trinajstić information content (AvgIpc) is 2.28. The molecule has 1 aromatic carbocycles. The average molecular weight is 345 g/mol. The van der Waals surface area contributed by atoms with Crippen molar-refractivity contribution in [1.82, 2.24) is 4.72 Å². The lowest BCUT2D eigenvalue weighted by molar-refractivity contribution is 0.0697. The van der Waals surface area contributed by atoms with Gasteiger partial charge in [0.2, 0.25) is 10.0 Å².